The topological polar surface area (TPSA) is 67.4 Å². The molecule has 3 aromatic rings. The van der Waals surface area contributed by atoms with Gasteiger partial charge in [-0.2, -0.15) is 5.26 Å². The Morgan fingerprint density at radius 1 is 0.952 bits per heavy atom. The summed E-state index contributed by atoms with van der Waals surface area (Å²) in [5, 5.41) is 20.7. The van der Waals surface area contributed by atoms with Gasteiger partial charge < -0.3 is 0 Å². The highest BCUT2D eigenvalue weighted by molar-refractivity contribution is 5.31. The van der Waals surface area contributed by atoms with E-state index in [1.165, 1.54) is 5.56 Å². The van der Waals surface area contributed by atoms with Gasteiger partial charge in [0, 0.05) is 6.42 Å². The highest BCUT2D eigenvalue weighted by Gasteiger charge is 2.07. The van der Waals surface area contributed by atoms with Gasteiger partial charge in [0.25, 0.3) is 0 Å². The monoisotopic (exact) mass is 275 g/mol. The largest absolute Gasteiger partial charge is 0.225 e. The summed E-state index contributed by atoms with van der Waals surface area (Å²) in [7, 11) is 0. The van der Waals surface area contributed by atoms with Gasteiger partial charge >= 0.3 is 0 Å². The van der Waals surface area contributed by atoms with Crippen LogP contribution in [0.25, 0.3) is 0 Å². The number of rotatable bonds is 4. The third-order valence-corrected chi connectivity index (χ3v) is 3.23. The molecule has 0 aliphatic carbocycles. The molecule has 1 aromatic heterocycles. The van der Waals surface area contributed by atoms with E-state index < -0.39 is 0 Å². The van der Waals surface area contributed by atoms with Crippen molar-refractivity contribution in [2.75, 3.05) is 0 Å². The molecular weight excluding hydrogens is 262 g/mol. The summed E-state index contributed by atoms with van der Waals surface area (Å²) in [5.41, 5.74) is 2.89. The van der Waals surface area contributed by atoms with Gasteiger partial charge in [-0.1, -0.05) is 42.5 Å². The van der Waals surface area contributed by atoms with E-state index in [0.29, 0.717) is 18.5 Å². The van der Waals surface area contributed by atoms with Crippen molar-refractivity contribution in [1.29, 1.82) is 5.26 Å². The van der Waals surface area contributed by atoms with Crippen LogP contribution in [0, 0.1) is 11.3 Å². The van der Waals surface area contributed by atoms with Crippen molar-refractivity contribution in [3.05, 3.63) is 77.1 Å². The first-order chi connectivity index (χ1) is 10.3. The average Bonchev–Trinajstić information content (AvgIpc) is 2.96. The highest BCUT2D eigenvalue weighted by Crippen LogP contribution is 2.09. The van der Waals surface area contributed by atoms with Gasteiger partial charge in [-0.05, 0) is 33.7 Å². The minimum absolute atomic E-state index is 0.598. The molecule has 3 rings (SSSR count). The van der Waals surface area contributed by atoms with E-state index in [0.717, 1.165) is 11.4 Å². The molecule has 0 amide bonds. The number of hydrogen-bond acceptors (Lipinski definition) is 4. The van der Waals surface area contributed by atoms with Crippen molar-refractivity contribution < 1.29 is 0 Å². The fraction of sp³-hybridized carbons (Fsp3) is 0.125. The highest BCUT2D eigenvalue weighted by atomic mass is 15.5. The predicted octanol–water partition coefficient (Wildman–Crippen LogP) is 2.18. The van der Waals surface area contributed by atoms with Gasteiger partial charge in [0.05, 0.1) is 18.2 Å². The summed E-state index contributed by atoms with van der Waals surface area (Å²) >= 11 is 0. The molecule has 0 bridgehead atoms. The Bertz CT molecular complexity index is 753. The summed E-state index contributed by atoms with van der Waals surface area (Å²) in [6.45, 7) is 0.598. The van der Waals surface area contributed by atoms with Crippen LogP contribution in [0.5, 0.6) is 0 Å². The maximum atomic E-state index is 8.81. The maximum absolute atomic E-state index is 8.81. The van der Waals surface area contributed by atoms with Gasteiger partial charge in [-0.3, -0.25) is 0 Å². The molecule has 0 aliphatic heterocycles. The summed E-state index contributed by atoms with van der Waals surface area (Å²) in [6, 6.07) is 19.7. The molecule has 5 nitrogen and oxygen atoms in total. The van der Waals surface area contributed by atoms with E-state index in [1.807, 2.05) is 30.3 Å². The molecule has 0 atom stereocenters. The molecule has 5 heteroatoms. The van der Waals surface area contributed by atoms with Crippen molar-refractivity contribution in [1.82, 2.24) is 20.2 Å². The normalized spacial score (nSPS) is 10.2. The zero-order valence-electron chi connectivity index (χ0n) is 11.3. The second-order valence-electron chi connectivity index (χ2n) is 4.72. The Labute approximate surface area is 122 Å². The molecule has 0 spiro atoms. The van der Waals surface area contributed by atoms with Gasteiger partial charge in [-0.25, -0.2) is 4.68 Å². The number of benzene rings is 2. The number of nitrogens with zero attached hydrogens (tertiary/aromatic N) is 5. The van der Waals surface area contributed by atoms with Crippen molar-refractivity contribution in [2.45, 2.75) is 13.0 Å². The molecule has 102 valence electrons. The molecule has 2 aromatic carbocycles. The van der Waals surface area contributed by atoms with Gasteiger partial charge in [-0.15, -0.1) is 5.10 Å². The minimum atomic E-state index is 0.598. The van der Waals surface area contributed by atoms with Crippen molar-refractivity contribution >= 4 is 0 Å². The molecule has 0 radical (unpaired) electrons. The fourth-order valence-electron chi connectivity index (χ4n) is 2.11. The molecule has 0 saturated carbocycles. The lowest BCUT2D eigenvalue weighted by Gasteiger charge is -2.05. The maximum Gasteiger partial charge on any atom is 0.156 e. The first-order valence-electron chi connectivity index (χ1n) is 6.63. The summed E-state index contributed by atoms with van der Waals surface area (Å²) in [4.78, 5) is 0. The van der Waals surface area contributed by atoms with Crippen LogP contribution in [0.15, 0.2) is 54.6 Å². The van der Waals surface area contributed by atoms with E-state index in [9.17, 15) is 0 Å². The molecule has 21 heavy (non-hydrogen) atoms. The van der Waals surface area contributed by atoms with Crippen LogP contribution in [0.4, 0.5) is 0 Å². The Morgan fingerprint density at radius 3 is 2.43 bits per heavy atom. The van der Waals surface area contributed by atoms with Crippen LogP contribution < -0.4 is 0 Å². The van der Waals surface area contributed by atoms with Crippen LogP contribution in [0.2, 0.25) is 0 Å². The second-order valence-corrected chi connectivity index (χ2v) is 4.72. The summed E-state index contributed by atoms with van der Waals surface area (Å²) in [5.74, 6) is 0.825. The molecule has 1 heterocycles. The van der Waals surface area contributed by atoms with E-state index in [2.05, 4.69) is 33.7 Å². The second kappa shape index (κ2) is 5.97. The van der Waals surface area contributed by atoms with Crippen molar-refractivity contribution in [2.24, 2.45) is 0 Å². The lowest BCUT2D eigenvalue weighted by Crippen LogP contribution is -2.07. The number of nitriles is 1. The zero-order chi connectivity index (χ0) is 14.5. The van der Waals surface area contributed by atoms with Crippen LogP contribution in [0.3, 0.4) is 0 Å². The number of aromatic nitrogens is 4. The summed E-state index contributed by atoms with van der Waals surface area (Å²) < 4.78 is 1.79. The lowest BCUT2D eigenvalue weighted by molar-refractivity contribution is 0.625. The van der Waals surface area contributed by atoms with Crippen molar-refractivity contribution in [3.63, 3.8) is 0 Å². The summed E-state index contributed by atoms with van der Waals surface area (Å²) in [6.07, 6.45) is 0.699. The van der Waals surface area contributed by atoms with E-state index in [-0.39, 0.29) is 0 Å². The molecule has 0 unspecified atom stereocenters. The number of hydrogen-bond donors (Lipinski definition) is 0. The third-order valence-electron chi connectivity index (χ3n) is 3.23. The zero-order valence-corrected chi connectivity index (χ0v) is 11.3. The minimum Gasteiger partial charge on any atom is -0.225 e. The van der Waals surface area contributed by atoms with Crippen molar-refractivity contribution in [3.8, 4) is 6.07 Å². The standard InChI is InChI=1S/C16H13N5/c17-11-14-6-8-15(9-7-14)12-21-16(18-19-20-21)10-13-4-2-1-3-5-13/h1-9H,10,12H2. The van der Waals surface area contributed by atoms with Crippen LogP contribution >= 0.6 is 0 Å². The third kappa shape index (κ3) is 3.12. The Balaban J connectivity index is 1.77. The molecule has 0 N–H and O–H groups in total. The molecule has 0 saturated heterocycles. The first-order valence-corrected chi connectivity index (χ1v) is 6.63. The molecule has 0 fully saturated rings. The first kappa shape index (κ1) is 13.0. The molecule has 0 aliphatic rings. The van der Waals surface area contributed by atoms with Crippen LogP contribution in [-0.2, 0) is 13.0 Å². The van der Waals surface area contributed by atoms with E-state index >= 15 is 0 Å². The Hall–Kier alpha value is -3.00. The van der Waals surface area contributed by atoms with Gasteiger partial charge in [0.1, 0.15) is 0 Å². The lowest BCUT2D eigenvalue weighted by atomic mass is 10.1. The predicted molar refractivity (Wildman–Crippen MR) is 77.3 cm³/mol. The van der Waals surface area contributed by atoms with E-state index in [1.54, 1.807) is 16.8 Å². The van der Waals surface area contributed by atoms with Gasteiger partial charge in [0.15, 0.2) is 5.82 Å². The Kier molecular flexibility index (Phi) is 3.70. The van der Waals surface area contributed by atoms with E-state index in [4.69, 9.17) is 5.26 Å². The smallest absolute Gasteiger partial charge is 0.156 e. The number of tetrazole rings is 1. The fourth-order valence-corrected chi connectivity index (χ4v) is 2.11. The SMILES string of the molecule is N#Cc1ccc(Cn2nnnc2Cc2ccccc2)cc1. The average molecular weight is 275 g/mol. The molecular formula is C16H13N5. The van der Waals surface area contributed by atoms with Crippen LogP contribution in [-0.4, -0.2) is 20.2 Å². The van der Waals surface area contributed by atoms with Crippen LogP contribution in [0.1, 0.15) is 22.5 Å². The Morgan fingerprint density at radius 2 is 1.71 bits per heavy atom. The van der Waals surface area contributed by atoms with Gasteiger partial charge in [0.2, 0.25) is 0 Å². The quantitative estimate of drug-likeness (QED) is 0.732.